The summed E-state index contributed by atoms with van der Waals surface area (Å²) in [4.78, 5) is 2.32. The molecule has 3 heteroatoms. The Hall–Kier alpha value is -2.26. The molecule has 0 aliphatic carbocycles. The summed E-state index contributed by atoms with van der Waals surface area (Å²) in [6.07, 6.45) is 5.22. The highest BCUT2D eigenvalue weighted by atomic mass is 16.5. The molecule has 0 fully saturated rings. The molecule has 0 saturated heterocycles. The van der Waals surface area contributed by atoms with Crippen LogP contribution in [0.15, 0.2) is 66.9 Å². The zero-order valence-electron chi connectivity index (χ0n) is 13.4. The largest absolute Gasteiger partial charge is 0.497 e. The lowest BCUT2D eigenvalue weighted by atomic mass is 9.87. The van der Waals surface area contributed by atoms with Crippen molar-refractivity contribution >= 4 is 0 Å². The number of allylic oxidation sites excluding steroid dienone is 1. The van der Waals surface area contributed by atoms with E-state index in [9.17, 15) is 5.11 Å². The fourth-order valence-electron chi connectivity index (χ4n) is 3.25. The highest BCUT2D eigenvalue weighted by Crippen LogP contribution is 2.36. The second kappa shape index (κ2) is 7.34. The maximum atomic E-state index is 9.82. The molecule has 2 atom stereocenters. The molecule has 0 radical (unpaired) electrons. The Morgan fingerprint density at radius 1 is 1.09 bits per heavy atom. The van der Waals surface area contributed by atoms with Crippen LogP contribution in [0.2, 0.25) is 0 Å². The number of methoxy groups -OCH3 is 1. The van der Waals surface area contributed by atoms with Crippen molar-refractivity contribution in [3.05, 3.63) is 78.0 Å². The average molecular weight is 309 g/mol. The molecule has 2 aromatic carbocycles. The number of aliphatic hydroxyl groups excluding tert-OH is 1. The number of nitrogens with zero attached hydrogens (tertiary/aromatic N) is 1. The van der Waals surface area contributed by atoms with Gasteiger partial charge in [-0.2, -0.15) is 0 Å². The topological polar surface area (TPSA) is 32.7 Å². The Morgan fingerprint density at radius 3 is 2.48 bits per heavy atom. The van der Waals surface area contributed by atoms with Gasteiger partial charge in [-0.05, 0) is 35.9 Å². The van der Waals surface area contributed by atoms with Gasteiger partial charge in [0, 0.05) is 19.1 Å². The third kappa shape index (κ3) is 3.57. The predicted octanol–water partition coefficient (Wildman–Crippen LogP) is 3.76. The lowest BCUT2D eigenvalue weighted by Crippen LogP contribution is -2.33. The Balaban J connectivity index is 1.88. The van der Waals surface area contributed by atoms with Crippen molar-refractivity contribution in [3.8, 4) is 5.75 Å². The van der Waals surface area contributed by atoms with Gasteiger partial charge < -0.3 is 14.7 Å². The minimum absolute atomic E-state index is 0.177. The Morgan fingerprint density at radius 2 is 1.83 bits per heavy atom. The van der Waals surface area contributed by atoms with Crippen LogP contribution in [0.3, 0.4) is 0 Å². The second-order valence-electron chi connectivity index (χ2n) is 5.94. The van der Waals surface area contributed by atoms with Gasteiger partial charge in [-0.25, -0.2) is 0 Å². The number of benzene rings is 2. The fourth-order valence-corrected chi connectivity index (χ4v) is 3.25. The summed E-state index contributed by atoms with van der Waals surface area (Å²) in [7, 11) is 1.68. The van der Waals surface area contributed by atoms with Gasteiger partial charge in [0.05, 0.1) is 13.2 Å². The maximum absolute atomic E-state index is 9.82. The van der Waals surface area contributed by atoms with Gasteiger partial charge in [0.25, 0.3) is 0 Å². The van der Waals surface area contributed by atoms with E-state index in [1.807, 2.05) is 18.2 Å². The van der Waals surface area contributed by atoms with Crippen LogP contribution >= 0.6 is 0 Å². The molecule has 2 aromatic rings. The molecule has 120 valence electrons. The van der Waals surface area contributed by atoms with E-state index < -0.39 is 0 Å². The second-order valence-corrected chi connectivity index (χ2v) is 5.94. The molecule has 1 N–H and O–H groups in total. The van der Waals surface area contributed by atoms with Crippen LogP contribution in [0, 0.1) is 5.92 Å². The van der Waals surface area contributed by atoms with E-state index in [2.05, 4.69) is 53.6 Å². The quantitative estimate of drug-likeness (QED) is 0.912. The van der Waals surface area contributed by atoms with Crippen LogP contribution in [-0.2, 0) is 6.54 Å². The molecule has 0 aromatic heterocycles. The number of aliphatic hydroxyl groups is 1. The van der Waals surface area contributed by atoms with Crippen LogP contribution in [0.4, 0.5) is 0 Å². The van der Waals surface area contributed by atoms with Crippen molar-refractivity contribution in [3.63, 3.8) is 0 Å². The van der Waals surface area contributed by atoms with E-state index in [1.54, 1.807) is 7.11 Å². The number of ether oxygens (including phenoxy) is 1. The highest BCUT2D eigenvalue weighted by molar-refractivity contribution is 5.31. The Bertz CT molecular complexity index is 636. The van der Waals surface area contributed by atoms with Crippen LogP contribution in [-0.4, -0.2) is 23.7 Å². The summed E-state index contributed by atoms with van der Waals surface area (Å²) in [6.45, 7) is 1.02. The first kappa shape index (κ1) is 15.6. The number of hydrogen-bond donors (Lipinski definition) is 1. The smallest absolute Gasteiger partial charge is 0.118 e. The molecular weight excluding hydrogens is 286 g/mol. The summed E-state index contributed by atoms with van der Waals surface area (Å²) >= 11 is 0. The molecular formula is C20H23NO2. The minimum atomic E-state index is 0.177. The molecule has 3 nitrogen and oxygen atoms in total. The number of hydrogen-bond acceptors (Lipinski definition) is 3. The van der Waals surface area contributed by atoms with Gasteiger partial charge >= 0.3 is 0 Å². The molecule has 1 aliphatic rings. The average Bonchev–Trinajstić information content (AvgIpc) is 2.62. The third-order valence-electron chi connectivity index (χ3n) is 4.44. The van der Waals surface area contributed by atoms with Crippen LogP contribution in [0.1, 0.15) is 23.6 Å². The zero-order valence-corrected chi connectivity index (χ0v) is 13.4. The summed E-state index contributed by atoms with van der Waals surface area (Å²) in [5, 5.41) is 9.82. The molecule has 0 bridgehead atoms. The highest BCUT2D eigenvalue weighted by Gasteiger charge is 2.29. The maximum Gasteiger partial charge on any atom is 0.118 e. The zero-order chi connectivity index (χ0) is 16.1. The molecule has 23 heavy (non-hydrogen) atoms. The normalized spacial score (nSPS) is 20.5. The van der Waals surface area contributed by atoms with E-state index in [0.717, 1.165) is 18.7 Å². The SMILES string of the molecule is COc1ccc(C2C(CO)CC=CN2Cc2ccccc2)cc1. The van der Waals surface area contributed by atoms with Gasteiger partial charge in [0.1, 0.15) is 5.75 Å². The Labute approximate surface area is 137 Å². The van der Waals surface area contributed by atoms with Gasteiger partial charge in [0.15, 0.2) is 0 Å². The van der Waals surface area contributed by atoms with Crippen molar-refractivity contribution < 1.29 is 9.84 Å². The lowest BCUT2D eigenvalue weighted by molar-refractivity contribution is 0.116. The standard InChI is InChI=1S/C20H23NO2/c1-23-19-11-9-17(10-12-19)20-18(15-22)8-5-13-21(20)14-16-6-3-2-4-7-16/h2-7,9-13,18,20,22H,8,14-15H2,1H3. The fraction of sp³-hybridized carbons (Fsp3) is 0.300. The molecule has 0 saturated carbocycles. The molecule has 3 rings (SSSR count). The van der Waals surface area contributed by atoms with Crippen LogP contribution in [0.25, 0.3) is 0 Å². The van der Waals surface area contributed by atoms with E-state index in [4.69, 9.17) is 4.74 Å². The van der Waals surface area contributed by atoms with E-state index in [-0.39, 0.29) is 18.6 Å². The number of rotatable bonds is 5. The molecule has 0 spiro atoms. The van der Waals surface area contributed by atoms with Gasteiger partial charge in [0.2, 0.25) is 0 Å². The monoisotopic (exact) mass is 309 g/mol. The van der Waals surface area contributed by atoms with Gasteiger partial charge in [-0.3, -0.25) is 0 Å². The van der Waals surface area contributed by atoms with Crippen molar-refractivity contribution in [1.29, 1.82) is 0 Å². The van der Waals surface area contributed by atoms with Gasteiger partial charge in [-0.1, -0.05) is 48.5 Å². The lowest BCUT2D eigenvalue weighted by Gasteiger charge is -2.39. The molecule has 1 heterocycles. The Kier molecular flexibility index (Phi) is 4.99. The predicted molar refractivity (Wildman–Crippen MR) is 92.1 cm³/mol. The summed E-state index contributed by atoms with van der Waals surface area (Å²) in [6, 6.07) is 18.8. The van der Waals surface area contributed by atoms with Crippen LogP contribution in [0.5, 0.6) is 5.75 Å². The summed E-state index contributed by atoms with van der Waals surface area (Å²) in [5.74, 6) is 1.06. The van der Waals surface area contributed by atoms with Crippen molar-refractivity contribution in [1.82, 2.24) is 4.90 Å². The molecule has 0 amide bonds. The molecule has 2 unspecified atom stereocenters. The minimum Gasteiger partial charge on any atom is -0.497 e. The van der Waals surface area contributed by atoms with E-state index in [0.29, 0.717) is 0 Å². The first-order valence-electron chi connectivity index (χ1n) is 8.03. The van der Waals surface area contributed by atoms with Crippen molar-refractivity contribution in [2.24, 2.45) is 5.92 Å². The van der Waals surface area contributed by atoms with Crippen molar-refractivity contribution in [2.75, 3.05) is 13.7 Å². The van der Waals surface area contributed by atoms with E-state index >= 15 is 0 Å². The van der Waals surface area contributed by atoms with Crippen LogP contribution < -0.4 is 4.74 Å². The summed E-state index contributed by atoms with van der Waals surface area (Å²) in [5.41, 5.74) is 2.49. The van der Waals surface area contributed by atoms with E-state index in [1.165, 1.54) is 11.1 Å². The first-order valence-corrected chi connectivity index (χ1v) is 8.03. The molecule has 1 aliphatic heterocycles. The third-order valence-corrected chi connectivity index (χ3v) is 4.44. The van der Waals surface area contributed by atoms with Crippen molar-refractivity contribution in [2.45, 2.75) is 19.0 Å². The first-order chi connectivity index (χ1) is 11.3. The summed E-state index contributed by atoms with van der Waals surface area (Å²) < 4.78 is 5.26. The van der Waals surface area contributed by atoms with Gasteiger partial charge in [-0.15, -0.1) is 0 Å².